The van der Waals surface area contributed by atoms with Gasteiger partial charge in [0.05, 0.1) is 0 Å². The van der Waals surface area contributed by atoms with Gasteiger partial charge in [0.1, 0.15) is 0 Å². The van der Waals surface area contributed by atoms with Gasteiger partial charge < -0.3 is 0 Å². The average Bonchev–Trinajstić information content (AvgIpc) is 3.07. The molecule has 3 rings (SSSR count). The van der Waals surface area contributed by atoms with Crippen molar-refractivity contribution in [1.29, 1.82) is 0 Å². The highest BCUT2D eigenvalue weighted by atomic mass is 16.1. The van der Waals surface area contributed by atoms with Crippen molar-refractivity contribution in [3.63, 3.8) is 0 Å². The fourth-order valence-electron chi connectivity index (χ4n) is 3.40. The molecule has 0 radical (unpaired) electrons. The van der Waals surface area contributed by atoms with Gasteiger partial charge in [0.15, 0.2) is 5.78 Å². The lowest BCUT2D eigenvalue weighted by atomic mass is 9.85. The van der Waals surface area contributed by atoms with Crippen molar-refractivity contribution in [3.8, 4) is 0 Å². The Hall–Kier alpha value is -1.94. The quantitative estimate of drug-likeness (QED) is 0.870. The predicted molar refractivity (Wildman–Crippen MR) is 96.1 cm³/mol. The third kappa shape index (κ3) is 3.93. The van der Waals surface area contributed by atoms with Crippen LogP contribution in [0, 0.1) is 5.92 Å². The smallest absolute Gasteiger partial charge is 0.167 e. The van der Waals surface area contributed by atoms with E-state index in [2.05, 4.69) is 48.0 Å². The molecule has 0 aliphatic carbocycles. The van der Waals surface area contributed by atoms with Crippen LogP contribution in [-0.4, -0.2) is 34.0 Å². The minimum atomic E-state index is 0.0992. The second-order valence-electron chi connectivity index (χ2n) is 7.85. The fraction of sp³-hybridized carbons (Fsp3) is 0.500. The van der Waals surface area contributed by atoms with E-state index in [-0.39, 0.29) is 17.1 Å². The molecule has 0 bridgehead atoms. The number of piperidine rings is 1. The van der Waals surface area contributed by atoms with Crippen LogP contribution in [0.15, 0.2) is 36.5 Å². The number of benzene rings is 1. The fourth-order valence-corrected chi connectivity index (χ4v) is 3.40. The summed E-state index contributed by atoms with van der Waals surface area (Å²) in [5.74, 6) is 0.381. The number of nitrogens with zero attached hydrogens (tertiary/aromatic N) is 2. The highest BCUT2D eigenvalue weighted by molar-refractivity contribution is 5.98. The van der Waals surface area contributed by atoms with E-state index >= 15 is 0 Å². The van der Waals surface area contributed by atoms with Gasteiger partial charge in [-0.25, -0.2) is 0 Å². The summed E-state index contributed by atoms with van der Waals surface area (Å²) in [4.78, 5) is 15.2. The van der Waals surface area contributed by atoms with Gasteiger partial charge in [-0.05, 0) is 36.4 Å². The molecular weight excluding hydrogens is 298 g/mol. The van der Waals surface area contributed by atoms with E-state index in [0.29, 0.717) is 0 Å². The molecule has 0 saturated carbocycles. The average molecular weight is 325 g/mol. The zero-order valence-corrected chi connectivity index (χ0v) is 14.9. The number of carbonyl (C=O) groups is 1. The largest absolute Gasteiger partial charge is 0.297 e. The molecule has 128 valence electrons. The second-order valence-corrected chi connectivity index (χ2v) is 7.85. The number of ketones is 1. The van der Waals surface area contributed by atoms with Crippen LogP contribution in [0.25, 0.3) is 0 Å². The van der Waals surface area contributed by atoms with Crippen LogP contribution >= 0.6 is 0 Å². The third-order valence-electron chi connectivity index (χ3n) is 4.86. The molecule has 1 aromatic carbocycles. The number of carbonyl (C=O) groups excluding carboxylic acids is 1. The Morgan fingerprint density at radius 3 is 2.62 bits per heavy atom. The Balaban J connectivity index is 1.65. The van der Waals surface area contributed by atoms with Crippen LogP contribution in [0.1, 0.15) is 55.2 Å². The van der Waals surface area contributed by atoms with Crippen molar-refractivity contribution in [2.45, 2.75) is 45.6 Å². The monoisotopic (exact) mass is 325 g/mol. The highest BCUT2D eigenvalue weighted by Gasteiger charge is 2.27. The molecule has 1 N–H and O–H groups in total. The Kier molecular flexibility index (Phi) is 4.86. The number of rotatable bonds is 4. The van der Waals surface area contributed by atoms with Gasteiger partial charge in [-0.1, -0.05) is 45.0 Å². The Morgan fingerprint density at radius 2 is 2.00 bits per heavy atom. The minimum Gasteiger partial charge on any atom is -0.297 e. The van der Waals surface area contributed by atoms with Gasteiger partial charge in [-0.2, -0.15) is 5.10 Å². The summed E-state index contributed by atoms with van der Waals surface area (Å²) in [7, 11) is 0. The summed E-state index contributed by atoms with van der Waals surface area (Å²) < 4.78 is 0. The van der Waals surface area contributed by atoms with Crippen LogP contribution in [-0.2, 0) is 12.0 Å². The van der Waals surface area contributed by atoms with Crippen molar-refractivity contribution in [2.24, 2.45) is 5.92 Å². The first kappa shape index (κ1) is 16.9. The van der Waals surface area contributed by atoms with E-state index in [1.807, 2.05) is 18.2 Å². The van der Waals surface area contributed by atoms with Crippen molar-refractivity contribution in [1.82, 2.24) is 15.1 Å². The van der Waals surface area contributed by atoms with Crippen molar-refractivity contribution in [3.05, 3.63) is 53.3 Å². The summed E-state index contributed by atoms with van der Waals surface area (Å²) in [6.07, 6.45) is 3.84. The number of Topliss-reactive ketones (excluding diaryl/α,β-unsaturated/α-hetero) is 1. The standard InChI is InChI=1S/C20H27N3O/c1-20(2,3)17-8-6-15(7-9-17)19(24)16-5-4-12-23(13-16)14-18-10-11-21-22-18/h6-11,16H,4-5,12-14H2,1-3H3,(H,21,22)/t16-/m1/s1. The number of aromatic amines is 1. The predicted octanol–water partition coefficient (Wildman–Crippen LogP) is 3.80. The molecule has 2 heterocycles. The molecule has 1 aromatic heterocycles. The number of likely N-dealkylation sites (tertiary alicyclic amines) is 1. The van der Waals surface area contributed by atoms with Crippen LogP contribution < -0.4 is 0 Å². The number of hydrogen-bond donors (Lipinski definition) is 1. The second kappa shape index (κ2) is 6.89. The zero-order valence-electron chi connectivity index (χ0n) is 14.9. The van der Waals surface area contributed by atoms with E-state index < -0.39 is 0 Å². The molecule has 1 aliphatic rings. The Labute approximate surface area is 144 Å². The van der Waals surface area contributed by atoms with Gasteiger partial charge in [0.2, 0.25) is 0 Å². The summed E-state index contributed by atoms with van der Waals surface area (Å²) in [5.41, 5.74) is 3.34. The minimum absolute atomic E-state index is 0.0992. The normalized spacial score (nSPS) is 19.4. The number of H-pyrrole nitrogens is 1. The molecule has 1 fully saturated rings. The molecule has 4 nitrogen and oxygen atoms in total. The van der Waals surface area contributed by atoms with E-state index in [0.717, 1.165) is 43.7 Å². The maximum Gasteiger partial charge on any atom is 0.167 e. The molecule has 1 atom stereocenters. The van der Waals surface area contributed by atoms with Crippen LogP contribution in [0.2, 0.25) is 0 Å². The maximum atomic E-state index is 12.9. The third-order valence-corrected chi connectivity index (χ3v) is 4.86. The SMILES string of the molecule is CC(C)(C)c1ccc(C(=O)[C@@H]2CCCN(Cc3ccn[nH]3)C2)cc1. The molecule has 0 spiro atoms. The van der Waals surface area contributed by atoms with Gasteiger partial charge in [-0.3, -0.25) is 14.8 Å². The highest BCUT2D eigenvalue weighted by Crippen LogP contribution is 2.25. The molecule has 2 aromatic rings. The van der Waals surface area contributed by atoms with E-state index in [1.54, 1.807) is 6.20 Å². The molecule has 4 heteroatoms. The van der Waals surface area contributed by atoms with Crippen molar-refractivity contribution in [2.75, 3.05) is 13.1 Å². The Bertz CT molecular complexity index is 668. The van der Waals surface area contributed by atoms with Gasteiger partial charge >= 0.3 is 0 Å². The Morgan fingerprint density at radius 1 is 1.25 bits per heavy atom. The van der Waals surface area contributed by atoms with Crippen LogP contribution in [0.5, 0.6) is 0 Å². The summed E-state index contributed by atoms with van der Waals surface area (Å²) >= 11 is 0. The molecule has 0 unspecified atom stereocenters. The topological polar surface area (TPSA) is 49.0 Å². The molecule has 1 aliphatic heterocycles. The van der Waals surface area contributed by atoms with E-state index in [4.69, 9.17) is 0 Å². The van der Waals surface area contributed by atoms with Gasteiger partial charge in [-0.15, -0.1) is 0 Å². The lowest BCUT2D eigenvalue weighted by Crippen LogP contribution is -2.38. The summed E-state index contributed by atoms with van der Waals surface area (Å²) in [6, 6.07) is 10.2. The van der Waals surface area contributed by atoms with E-state index in [9.17, 15) is 4.79 Å². The lowest BCUT2D eigenvalue weighted by molar-refractivity contribution is 0.0810. The lowest BCUT2D eigenvalue weighted by Gasteiger charge is -2.31. The molecule has 0 amide bonds. The first-order valence-electron chi connectivity index (χ1n) is 8.79. The summed E-state index contributed by atoms with van der Waals surface area (Å²) in [5, 5.41) is 7.00. The van der Waals surface area contributed by atoms with Crippen LogP contribution in [0.3, 0.4) is 0 Å². The number of nitrogens with one attached hydrogen (secondary N) is 1. The maximum absolute atomic E-state index is 12.9. The van der Waals surface area contributed by atoms with Crippen molar-refractivity contribution >= 4 is 5.78 Å². The van der Waals surface area contributed by atoms with Crippen LogP contribution in [0.4, 0.5) is 0 Å². The van der Waals surface area contributed by atoms with Crippen molar-refractivity contribution < 1.29 is 4.79 Å². The van der Waals surface area contributed by atoms with Gasteiger partial charge in [0.25, 0.3) is 0 Å². The molecule has 1 saturated heterocycles. The van der Waals surface area contributed by atoms with Gasteiger partial charge in [0, 0.05) is 36.5 Å². The molecule has 24 heavy (non-hydrogen) atoms. The molecular formula is C20H27N3O. The number of aromatic nitrogens is 2. The van der Waals surface area contributed by atoms with E-state index in [1.165, 1.54) is 5.56 Å². The summed E-state index contributed by atoms with van der Waals surface area (Å²) in [6.45, 7) is 9.30. The zero-order chi connectivity index (χ0) is 17.2. The first-order valence-corrected chi connectivity index (χ1v) is 8.79. The number of hydrogen-bond acceptors (Lipinski definition) is 3. The first-order chi connectivity index (χ1) is 11.4.